The molecule has 35 heavy (non-hydrogen) atoms. The molecule has 0 aromatic heterocycles. The van der Waals surface area contributed by atoms with Gasteiger partial charge in [0.15, 0.2) is 13.1 Å². The summed E-state index contributed by atoms with van der Waals surface area (Å²) in [5.74, 6) is 3.54. The van der Waals surface area contributed by atoms with E-state index >= 15 is 0 Å². The van der Waals surface area contributed by atoms with Crippen LogP contribution in [0.15, 0.2) is 54.6 Å². The second-order valence-electron chi connectivity index (χ2n) is 11.2. The standard InChI is InChI=1S/C31H36O4/c1-20(33-2)34-19-35-30-14-24-7-8-25(28-6-4-3-5-26(28)18-32)12-27(24)13-29(30)31-15-21-9-22(16-31)11-23(10-21)17-31/h3-8,12-14,20-23,32H,9-11,15-19H2,1-2H3. The number of aliphatic hydroxyl groups excluding tert-OH is 1. The largest absolute Gasteiger partial charge is 0.467 e. The molecule has 1 N–H and O–H groups in total. The third-order valence-corrected chi connectivity index (χ3v) is 8.90. The summed E-state index contributed by atoms with van der Waals surface area (Å²) in [6.07, 6.45) is 7.79. The molecule has 1 unspecified atom stereocenters. The first-order valence-electron chi connectivity index (χ1n) is 13.1. The summed E-state index contributed by atoms with van der Waals surface area (Å²) in [5, 5.41) is 12.3. The van der Waals surface area contributed by atoms with Gasteiger partial charge in [-0.2, -0.15) is 0 Å². The lowest BCUT2D eigenvalue weighted by Gasteiger charge is -2.57. The summed E-state index contributed by atoms with van der Waals surface area (Å²) in [7, 11) is 1.65. The molecule has 0 spiro atoms. The molecule has 4 saturated carbocycles. The third kappa shape index (κ3) is 4.26. The number of rotatable bonds is 8. The maximum Gasteiger partial charge on any atom is 0.191 e. The Morgan fingerprint density at radius 2 is 1.63 bits per heavy atom. The number of hydrogen-bond donors (Lipinski definition) is 1. The monoisotopic (exact) mass is 472 g/mol. The fourth-order valence-electron chi connectivity index (χ4n) is 7.62. The first kappa shape index (κ1) is 23.0. The lowest BCUT2D eigenvalue weighted by atomic mass is 9.48. The fourth-order valence-corrected chi connectivity index (χ4v) is 7.62. The van der Waals surface area contributed by atoms with Crippen LogP contribution in [-0.2, 0) is 21.5 Å². The number of ether oxygens (including phenoxy) is 3. The quantitative estimate of drug-likeness (QED) is 0.366. The van der Waals surface area contributed by atoms with Crippen molar-refractivity contribution >= 4 is 10.8 Å². The van der Waals surface area contributed by atoms with Crippen molar-refractivity contribution in [3.63, 3.8) is 0 Å². The first-order valence-corrected chi connectivity index (χ1v) is 13.1. The predicted octanol–water partition coefficient (Wildman–Crippen LogP) is 6.81. The van der Waals surface area contributed by atoms with Gasteiger partial charge in [-0.25, -0.2) is 0 Å². The molecule has 3 aromatic carbocycles. The average Bonchev–Trinajstić information content (AvgIpc) is 2.87. The van der Waals surface area contributed by atoms with Gasteiger partial charge in [0.25, 0.3) is 0 Å². The Bertz CT molecular complexity index is 1180. The van der Waals surface area contributed by atoms with Crippen molar-refractivity contribution in [2.24, 2.45) is 17.8 Å². The number of aliphatic hydroxyl groups is 1. The zero-order valence-corrected chi connectivity index (χ0v) is 20.8. The van der Waals surface area contributed by atoms with Crippen LogP contribution in [0.2, 0.25) is 0 Å². The average molecular weight is 473 g/mol. The molecular formula is C31H36O4. The van der Waals surface area contributed by atoms with Gasteiger partial charge < -0.3 is 19.3 Å². The number of fused-ring (bicyclic) bond motifs is 1. The minimum atomic E-state index is -0.299. The topological polar surface area (TPSA) is 47.9 Å². The lowest BCUT2D eigenvalue weighted by molar-refractivity contribution is -0.150. The summed E-state index contributed by atoms with van der Waals surface area (Å²) in [4.78, 5) is 0. The van der Waals surface area contributed by atoms with E-state index in [1.807, 2.05) is 25.1 Å². The van der Waals surface area contributed by atoms with Gasteiger partial charge in [0, 0.05) is 12.7 Å². The van der Waals surface area contributed by atoms with Gasteiger partial charge in [-0.1, -0.05) is 36.4 Å². The van der Waals surface area contributed by atoms with E-state index in [9.17, 15) is 5.11 Å². The van der Waals surface area contributed by atoms with Gasteiger partial charge in [-0.3, -0.25) is 0 Å². The summed E-state index contributed by atoms with van der Waals surface area (Å²) in [6.45, 7) is 2.11. The number of benzene rings is 3. The van der Waals surface area contributed by atoms with E-state index in [2.05, 4.69) is 36.4 Å². The third-order valence-electron chi connectivity index (χ3n) is 8.90. The van der Waals surface area contributed by atoms with Crippen molar-refractivity contribution in [1.29, 1.82) is 0 Å². The summed E-state index contributed by atoms with van der Waals surface area (Å²) in [5.41, 5.74) is 4.77. The molecule has 7 rings (SSSR count). The number of methoxy groups -OCH3 is 1. The van der Waals surface area contributed by atoms with Gasteiger partial charge in [-0.15, -0.1) is 0 Å². The molecule has 4 nitrogen and oxygen atoms in total. The van der Waals surface area contributed by atoms with Crippen molar-refractivity contribution < 1.29 is 19.3 Å². The minimum Gasteiger partial charge on any atom is -0.467 e. The maximum atomic E-state index is 9.87. The van der Waals surface area contributed by atoms with E-state index < -0.39 is 0 Å². The second-order valence-corrected chi connectivity index (χ2v) is 11.2. The van der Waals surface area contributed by atoms with Crippen LogP contribution in [0, 0.1) is 17.8 Å². The van der Waals surface area contributed by atoms with Crippen molar-refractivity contribution in [1.82, 2.24) is 0 Å². The summed E-state index contributed by atoms with van der Waals surface area (Å²) < 4.78 is 17.3. The Morgan fingerprint density at radius 3 is 2.31 bits per heavy atom. The SMILES string of the molecule is COC(C)OCOc1cc2ccc(-c3ccccc3CO)cc2cc1C12CC3CC(CC(C3)C1)C2. The molecule has 1 atom stereocenters. The van der Waals surface area contributed by atoms with E-state index in [4.69, 9.17) is 14.2 Å². The Labute approximate surface area is 208 Å². The Hall–Kier alpha value is -2.40. The highest BCUT2D eigenvalue weighted by atomic mass is 16.7. The zero-order chi connectivity index (χ0) is 24.0. The first-order chi connectivity index (χ1) is 17.1. The number of hydrogen-bond acceptors (Lipinski definition) is 4. The maximum absolute atomic E-state index is 9.87. The predicted molar refractivity (Wildman–Crippen MR) is 138 cm³/mol. The molecular weight excluding hydrogens is 436 g/mol. The molecule has 0 heterocycles. The van der Waals surface area contributed by atoms with Gasteiger partial charge in [0.1, 0.15) is 5.75 Å². The highest BCUT2D eigenvalue weighted by molar-refractivity contribution is 5.90. The molecule has 4 aliphatic carbocycles. The Morgan fingerprint density at radius 1 is 0.914 bits per heavy atom. The second kappa shape index (κ2) is 9.24. The van der Waals surface area contributed by atoms with E-state index in [0.717, 1.165) is 40.2 Å². The smallest absolute Gasteiger partial charge is 0.191 e. The van der Waals surface area contributed by atoms with Crippen LogP contribution < -0.4 is 4.74 Å². The Kier molecular flexibility index (Phi) is 6.08. The molecule has 3 aromatic rings. The van der Waals surface area contributed by atoms with E-state index in [1.165, 1.54) is 54.9 Å². The van der Waals surface area contributed by atoms with Crippen LogP contribution in [0.1, 0.15) is 56.6 Å². The van der Waals surface area contributed by atoms with Crippen LogP contribution in [-0.4, -0.2) is 25.3 Å². The molecule has 0 amide bonds. The van der Waals surface area contributed by atoms with Crippen LogP contribution in [0.25, 0.3) is 21.9 Å². The normalized spacial score (nSPS) is 27.9. The fraction of sp³-hybridized carbons (Fsp3) is 0.484. The zero-order valence-electron chi connectivity index (χ0n) is 20.8. The van der Waals surface area contributed by atoms with E-state index in [1.54, 1.807) is 7.11 Å². The van der Waals surface area contributed by atoms with Gasteiger partial charge in [0.2, 0.25) is 0 Å². The Balaban J connectivity index is 1.43. The lowest BCUT2D eigenvalue weighted by Crippen LogP contribution is -2.48. The molecule has 4 aliphatic rings. The van der Waals surface area contributed by atoms with Gasteiger partial charge in [0.05, 0.1) is 6.61 Å². The van der Waals surface area contributed by atoms with E-state index in [0.29, 0.717) is 0 Å². The molecule has 4 heteroatoms. The van der Waals surface area contributed by atoms with Crippen molar-refractivity contribution in [3.05, 3.63) is 65.7 Å². The van der Waals surface area contributed by atoms with E-state index in [-0.39, 0.29) is 25.1 Å². The molecule has 0 aliphatic heterocycles. The molecule has 4 fully saturated rings. The van der Waals surface area contributed by atoms with Crippen molar-refractivity contribution in [3.8, 4) is 16.9 Å². The minimum absolute atomic E-state index is 0.0411. The summed E-state index contributed by atoms with van der Waals surface area (Å²) >= 11 is 0. The molecule has 184 valence electrons. The molecule has 4 bridgehead atoms. The van der Waals surface area contributed by atoms with Crippen LogP contribution in [0.3, 0.4) is 0 Å². The highest BCUT2D eigenvalue weighted by Gasteiger charge is 2.52. The van der Waals surface area contributed by atoms with Crippen molar-refractivity contribution in [2.45, 2.75) is 63.8 Å². The van der Waals surface area contributed by atoms with Gasteiger partial charge in [-0.05, 0) is 114 Å². The highest BCUT2D eigenvalue weighted by Crippen LogP contribution is 2.62. The molecule has 0 radical (unpaired) electrons. The van der Waals surface area contributed by atoms with Crippen LogP contribution in [0.5, 0.6) is 5.75 Å². The van der Waals surface area contributed by atoms with Crippen LogP contribution >= 0.6 is 0 Å². The summed E-state index contributed by atoms with van der Waals surface area (Å²) in [6, 6.07) is 19.3. The van der Waals surface area contributed by atoms with Crippen molar-refractivity contribution in [2.75, 3.05) is 13.9 Å². The van der Waals surface area contributed by atoms with Gasteiger partial charge >= 0.3 is 0 Å². The van der Waals surface area contributed by atoms with Crippen LogP contribution in [0.4, 0.5) is 0 Å². The molecule has 0 saturated heterocycles.